The van der Waals surface area contributed by atoms with E-state index in [-0.39, 0.29) is 11.1 Å². The van der Waals surface area contributed by atoms with Crippen molar-refractivity contribution >= 4 is 34.6 Å². The second-order valence-electron chi connectivity index (χ2n) is 7.08. The van der Waals surface area contributed by atoms with E-state index in [1.165, 1.54) is 0 Å². The van der Waals surface area contributed by atoms with Gasteiger partial charge in [0.1, 0.15) is 0 Å². The predicted octanol–water partition coefficient (Wildman–Crippen LogP) is 3.94. The first kappa shape index (κ1) is 16.5. The van der Waals surface area contributed by atoms with Crippen molar-refractivity contribution in [3.63, 3.8) is 0 Å². The maximum Gasteiger partial charge on any atom is 0.171 e. The molecule has 5 heteroatoms. The highest BCUT2D eigenvalue weighted by Gasteiger charge is 2.37. The summed E-state index contributed by atoms with van der Waals surface area (Å²) in [7, 11) is 0. The Morgan fingerprint density at radius 1 is 1.19 bits per heavy atom. The van der Waals surface area contributed by atoms with E-state index in [0.29, 0.717) is 16.2 Å². The Labute approximate surface area is 137 Å². The Bertz CT molecular complexity index is 512. The van der Waals surface area contributed by atoms with Crippen LogP contribution in [0, 0.1) is 0 Å². The highest BCUT2D eigenvalue weighted by Crippen LogP contribution is 2.28. The van der Waals surface area contributed by atoms with E-state index in [4.69, 9.17) is 23.8 Å². The molecule has 1 heterocycles. The van der Waals surface area contributed by atoms with Crippen LogP contribution in [-0.2, 0) is 0 Å². The maximum atomic E-state index is 6.14. The van der Waals surface area contributed by atoms with E-state index in [0.717, 1.165) is 18.5 Å². The lowest BCUT2D eigenvalue weighted by molar-refractivity contribution is 0.156. The van der Waals surface area contributed by atoms with Crippen LogP contribution in [-0.4, -0.2) is 22.2 Å². The van der Waals surface area contributed by atoms with Crippen molar-refractivity contribution in [1.82, 2.24) is 10.6 Å². The lowest BCUT2D eigenvalue weighted by atomic mass is 9.80. The second kappa shape index (κ2) is 6.11. The molecule has 0 aliphatic carbocycles. The minimum absolute atomic E-state index is 0.0966. The minimum Gasteiger partial charge on any atom is -0.360 e. The van der Waals surface area contributed by atoms with Crippen molar-refractivity contribution in [2.45, 2.75) is 57.7 Å². The van der Waals surface area contributed by atoms with Crippen molar-refractivity contribution in [3.05, 3.63) is 29.3 Å². The minimum atomic E-state index is 0.0966. The molecule has 0 bridgehead atoms. The van der Waals surface area contributed by atoms with Crippen LogP contribution < -0.4 is 16.0 Å². The van der Waals surface area contributed by atoms with Crippen LogP contribution in [0.15, 0.2) is 24.3 Å². The summed E-state index contributed by atoms with van der Waals surface area (Å²) in [6.07, 6.45) is 2.06. The molecule has 0 atom stereocenters. The molecule has 1 fully saturated rings. The zero-order chi connectivity index (χ0) is 15.7. The second-order valence-corrected chi connectivity index (χ2v) is 7.89. The number of piperidine rings is 1. The number of benzene rings is 1. The first-order valence-corrected chi connectivity index (χ1v) is 8.07. The Morgan fingerprint density at radius 3 is 2.33 bits per heavy atom. The predicted molar refractivity (Wildman–Crippen MR) is 95.1 cm³/mol. The fraction of sp³-hybridized carbons (Fsp3) is 0.562. The number of thiocarbonyl (C=S) groups is 1. The molecule has 1 aromatic carbocycles. The molecule has 0 radical (unpaired) electrons. The number of rotatable bonds is 2. The summed E-state index contributed by atoms with van der Waals surface area (Å²) in [5.41, 5.74) is 1.03. The topological polar surface area (TPSA) is 36.1 Å². The van der Waals surface area contributed by atoms with Crippen molar-refractivity contribution in [2.75, 3.05) is 5.32 Å². The zero-order valence-electron chi connectivity index (χ0n) is 13.1. The number of hydrogen-bond acceptors (Lipinski definition) is 2. The average Bonchev–Trinajstić information content (AvgIpc) is 2.27. The average molecular weight is 326 g/mol. The van der Waals surface area contributed by atoms with Gasteiger partial charge in [-0.25, -0.2) is 0 Å². The van der Waals surface area contributed by atoms with Gasteiger partial charge in [-0.2, -0.15) is 0 Å². The van der Waals surface area contributed by atoms with Gasteiger partial charge in [-0.15, -0.1) is 0 Å². The van der Waals surface area contributed by atoms with Crippen LogP contribution >= 0.6 is 23.8 Å². The smallest absolute Gasteiger partial charge is 0.171 e. The number of anilines is 1. The number of para-hydroxylation sites is 1. The van der Waals surface area contributed by atoms with E-state index in [9.17, 15) is 0 Å². The van der Waals surface area contributed by atoms with Crippen molar-refractivity contribution in [3.8, 4) is 0 Å². The summed E-state index contributed by atoms with van der Waals surface area (Å²) < 4.78 is 0. The summed E-state index contributed by atoms with van der Waals surface area (Å²) >= 11 is 11.6. The normalized spacial score (nSPS) is 20.8. The van der Waals surface area contributed by atoms with E-state index in [2.05, 4.69) is 43.6 Å². The van der Waals surface area contributed by atoms with E-state index >= 15 is 0 Å². The molecule has 1 saturated heterocycles. The third kappa shape index (κ3) is 4.83. The number of nitrogens with one attached hydrogen (secondary N) is 3. The molecule has 1 aromatic rings. The Balaban J connectivity index is 1.98. The molecule has 3 N–H and O–H groups in total. The van der Waals surface area contributed by atoms with E-state index in [1.54, 1.807) is 0 Å². The molecule has 1 aliphatic rings. The first-order chi connectivity index (χ1) is 9.67. The summed E-state index contributed by atoms with van der Waals surface area (Å²) in [6, 6.07) is 7.96. The summed E-state index contributed by atoms with van der Waals surface area (Å²) in [4.78, 5) is 0. The molecule has 0 saturated carbocycles. The molecular weight excluding hydrogens is 302 g/mol. The molecule has 2 rings (SSSR count). The van der Waals surface area contributed by atoms with Crippen molar-refractivity contribution in [1.29, 1.82) is 0 Å². The van der Waals surface area contributed by atoms with Gasteiger partial charge in [0, 0.05) is 17.1 Å². The van der Waals surface area contributed by atoms with E-state index in [1.807, 2.05) is 24.3 Å². The summed E-state index contributed by atoms with van der Waals surface area (Å²) in [5.74, 6) is 0. The zero-order valence-corrected chi connectivity index (χ0v) is 14.7. The summed E-state index contributed by atoms with van der Waals surface area (Å²) in [6.45, 7) is 8.92. The molecular formula is C16H24ClN3S. The number of halogens is 1. The molecule has 0 amide bonds. The van der Waals surface area contributed by atoms with Gasteiger partial charge in [0.2, 0.25) is 0 Å². The molecule has 1 aliphatic heterocycles. The van der Waals surface area contributed by atoms with Crippen molar-refractivity contribution < 1.29 is 0 Å². The Kier molecular flexibility index (Phi) is 4.81. The van der Waals surface area contributed by atoms with Crippen LogP contribution in [0.25, 0.3) is 0 Å². The van der Waals surface area contributed by atoms with E-state index < -0.39 is 0 Å². The fourth-order valence-electron chi connectivity index (χ4n) is 3.33. The summed E-state index contributed by atoms with van der Waals surface area (Å²) in [5, 5.41) is 11.6. The Hall–Kier alpha value is -0.840. The lowest BCUT2D eigenvalue weighted by Crippen LogP contribution is -2.62. The molecule has 116 valence electrons. The van der Waals surface area contributed by atoms with Crippen LogP contribution in [0.4, 0.5) is 5.69 Å². The highest BCUT2D eigenvalue weighted by atomic mass is 35.5. The molecule has 0 spiro atoms. The lowest BCUT2D eigenvalue weighted by Gasteiger charge is -2.46. The largest absolute Gasteiger partial charge is 0.360 e. The fourth-order valence-corrected chi connectivity index (χ4v) is 3.79. The SMILES string of the molecule is CC1(C)CC(NC(=S)Nc2ccccc2Cl)CC(C)(C)N1. The molecule has 21 heavy (non-hydrogen) atoms. The van der Waals surface area contributed by atoms with Gasteiger partial charge in [0.05, 0.1) is 10.7 Å². The molecule has 0 aromatic heterocycles. The van der Waals surface area contributed by atoms with Gasteiger partial charge >= 0.3 is 0 Å². The molecule has 3 nitrogen and oxygen atoms in total. The highest BCUT2D eigenvalue weighted by molar-refractivity contribution is 7.80. The quantitative estimate of drug-likeness (QED) is 0.720. The Morgan fingerprint density at radius 2 is 1.76 bits per heavy atom. The third-order valence-electron chi connectivity index (χ3n) is 3.65. The standard InChI is InChI=1S/C16H24ClN3S/c1-15(2)9-11(10-16(3,4)20-15)18-14(21)19-13-8-6-5-7-12(13)17/h5-8,11,20H,9-10H2,1-4H3,(H2,18,19,21). The van der Waals surface area contributed by atoms with Gasteiger partial charge in [-0.05, 0) is 64.9 Å². The first-order valence-electron chi connectivity index (χ1n) is 7.28. The third-order valence-corrected chi connectivity index (χ3v) is 4.20. The van der Waals surface area contributed by atoms with Gasteiger partial charge in [-0.1, -0.05) is 23.7 Å². The van der Waals surface area contributed by atoms with Gasteiger partial charge in [-0.3, -0.25) is 0 Å². The van der Waals surface area contributed by atoms with Gasteiger partial charge in [0.25, 0.3) is 0 Å². The monoisotopic (exact) mass is 325 g/mol. The van der Waals surface area contributed by atoms with Crippen molar-refractivity contribution in [2.24, 2.45) is 0 Å². The van der Waals surface area contributed by atoms with Crippen LogP contribution in [0.5, 0.6) is 0 Å². The van der Waals surface area contributed by atoms with Crippen LogP contribution in [0.1, 0.15) is 40.5 Å². The van der Waals surface area contributed by atoms with Crippen LogP contribution in [0.2, 0.25) is 5.02 Å². The maximum absolute atomic E-state index is 6.14. The number of hydrogen-bond donors (Lipinski definition) is 3. The van der Waals surface area contributed by atoms with Gasteiger partial charge < -0.3 is 16.0 Å². The molecule has 0 unspecified atom stereocenters. The van der Waals surface area contributed by atoms with Crippen LogP contribution in [0.3, 0.4) is 0 Å². The van der Waals surface area contributed by atoms with Gasteiger partial charge in [0.15, 0.2) is 5.11 Å².